The number of terminal acetylenes is 1. The van der Waals surface area contributed by atoms with Crippen molar-refractivity contribution >= 4 is 0 Å². The van der Waals surface area contributed by atoms with Crippen molar-refractivity contribution in [3.63, 3.8) is 0 Å². The Kier molecular flexibility index (Phi) is 4.05. The molecule has 0 saturated carbocycles. The Morgan fingerprint density at radius 3 is 3.00 bits per heavy atom. The van der Waals surface area contributed by atoms with Gasteiger partial charge < -0.3 is 5.32 Å². The maximum absolute atomic E-state index is 5.29. The van der Waals surface area contributed by atoms with Gasteiger partial charge in [-0.1, -0.05) is 0 Å². The van der Waals surface area contributed by atoms with E-state index in [1.807, 2.05) is 0 Å². The van der Waals surface area contributed by atoms with E-state index < -0.39 is 0 Å². The number of rotatable bonds is 4. The maximum atomic E-state index is 5.29. The number of unbranched alkanes of at least 4 members (excludes halogenated alkanes) is 1. The summed E-state index contributed by atoms with van der Waals surface area (Å²) in [5.74, 6) is 2.73. The first-order valence-electron chi connectivity index (χ1n) is 6.32. The number of likely N-dealkylation sites (tertiary alicyclic amines) is 1. The van der Waals surface area contributed by atoms with Crippen molar-refractivity contribution in [3.05, 3.63) is 0 Å². The lowest BCUT2D eigenvalue weighted by Crippen LogP contribution is -2.44. The summed E-state index contributed by atoms with van der Waals surface area (Å²) >= 11 is 0. The van der Waals surface area contributed by atoms with E-state index in [0.717, 1.165) is 18.5 Å². The molecule has 0 aliphatic carbocycles. The fourth-order valence-corrected chi connectivity index (χ4v) is 3.01. The number of hydrogen-bond donors (Lipinski definition) is 1. The van der Waals surface area contributed by atoms with Crippen LogP contribution < -0.4 is 5.32 Å². The lowest BCUT2D eigenvalue weighted by Gasteiger charge is -2.29. The van der Waals surface area contributed by atoms with Crippen LogP contribution in [-0.4, -0.2) is 36.6 Å². The van der Waals surface area contributed by atoms with Gasteiger partial charge in [0.05, 0.1) is 0 Å². The quantitative estimate of drug-likeness (QED) is 0.555. The van der Waals surface area contributed by atoms with Crippen molar-refractivity contribution in [2.24, 2.45) is 0 Å². The fourth-order valence-electron chi connectivity index (χ4n) is 3.01. The Bertz CT molecular complexity index is 225. The Morgan fingerprint density at radius 2 is 2.27 bits per heavy atom. The molecule has 2 nitrogen and oxygen atoms in total. The van der Waals surface area contributed by atoms with Gasteiger partial charge in [0.25, 0.3) is 0 Å². The van der Waals surface area contributed by atoms with Crippen LogP contribution in [-0.2, 0) is 0 Å². The minimum atomic E-state index is 0.762. The van der Waals surface area contributed by atoms with Gasteiger partial charge in [-0.15, -0.1) is 12.3 Å². The predicted molar refractivity (Wildman–Crippen MR) is 63.7 cm³/mol. The normalized spacial score (nSPS) is 31.9. The monoisotopic (exact) mass is 206 g/mol. The van der Waals surface area contributed by atoms with E-state index in [4.69, 9.17) is 6.42 Å². The molecule has 0 aromatic rings. The van der Waals surface area contributed by atoms with Crippen LogP contribution in [0.25, 0.3) is 0 Å². The molecule has 0 aromatic carbocycles. The van der Waals surface area contributed by atoms with E-state index in [9.17, 15) is 0 Å². The summed E-state index contributed by atoms with van der Waals surface area (Å²) in [6.07, 6.45) is 12.9. The van der Waals surface area contributed by atoms with Gasteiger partial charge in [0.1, 0.15) is 0 Å². The molecule has 2 atom stereocenters. The molecule has 0 aromatic heterocycles. The van der Waals surface area contributed by atoms with Crippen LogP contribution in [0.15, 0.2) is 0 Å². The minimum Gasteiger partial charge on any atom is -0.312 e. The van der Waals surface area contributed by atoms with Gasteiger partial charge in [-0.25, -0.2) is 0 Å². The van der Waals surface area contributed by atoms with Crippen molar-refractivity contribution in [2.75, 3.05) is 19.6 Å². The van der Waals surface area contributed by atoms with Crippen LogP contribution in [0.5, 0.6) is 0 Å². The summed E-state index contributed by atoms with van der Waals surface area (Å²) in [4.78, 5) is 2.65. The smallest absolute Gasteiger partial charge is 0.0249 e. The third-order valence-corrected chi connectivity index (χ3v) is 3.74. The number of nitrogens with one attached hydrogen (secondary N) is 1. The molecule has 15 heavy (non-hydrogen) atoms. The SMILES string of the molecule is C#CCCCN1CCCC1C1CCCN1. The Morgan fingerprint density at radius 1 is 1.33 bits per heavy atom. The highest BCUT2D eigenvalue weighted by Gasteiger charge is 2.32. The second-order valence-corrected chi connectivity index (χ2v) is 4.76. The highest BCUT2D eigenvalue weighted by atomic mass is 15.2. The third-order valence-electron chi connectivity index (χ3n) is 3.74. The number of nitrogens with zero attached hydrogens (tertiary/aromatic N) is 1. The molecule has 2 fully saturated rings. The minimum absolute atomic E-state index is 0.762. The molecular formula is C13H22N2. The van der Waals surface area contributed by atoms with Gasteiger partial charge in [-0.3, -0.25) is 4.90 Å². The fraction of sp³-hybridized carbons (Fsp3) is 0.846. The second kappa shape index (κ2) is 5.53. The van der Waals surface area contributed by atoms with Crippen LogP contribution in [0.3, 0.4) is 0 Å². The third kappa shape index (κ3) is 2.74. The molecule has 2 saturated heterocycles. The summed E-state index contributed by atoms with van der Waals surface area (Å²) < 4.78 is 0. The van der Waals surface area contributed by atoms with Gasteiger partial charge in [-0.05, 0) is 51.7 Å². The first kappa shape index (κ1) is 11.0. The van der Waals surface area contributed by atoms with Gasteiger partial charge in [0, 0.05) is 18.5 Å². The van der Waals surface area contributed by atoms with Crippen molar-refractivity contribution in [3.8, 4) is 12.3 Å². The first-order chi connectivity index (χ1) is 7.42. The van der Waals surface area contributed by atoms with E-state index >= 15 is 0 Å². The summed E-state index contributed by atoms with van der Waals surface area (Å²) in [6, 6.07) is 1.56. The van der Waals surface area contributed by atoms with Crippen LogP contribution in [0.1, 0.15) is 38.5 Å². The largest absolute Gasteiger partial charge is 0.312 e. The highest BCUT2D eigenvalue weighted by molar-refractivity contribution is 4.92. The molecule has 0 bridgehead atoms. The Balaban J connectivity index is 1.79. The lowest BCUT2D eigenvalue weighted by molar-refractivity contribution is 0.213. The zero-order valence-corrected chi connectivity index (χ0v) is 9.54. The first-order valence-corrected chi connectivity index (χ1v) is 6.32. The molecule has 2 heterocycles. The molecule has 0 spiro atoms. The Labute approximate surface area is 93.4 Å². The average Bonchev–Trinajstić information content (AvgIpc) is 2.87. The summed E-state index contributed by atoms with van der Waals surface area (Å²) in [5.41, 5.74) is 0. The van der Waals surface area contributed by atoms with Gasteiger partial charge in [0.15, 0.2) is 0 Å². The predicted octanol–water partition coefficient (Wildman–Crippen LogP) is 1.62. The lowest BCUT2D eigenvalue weighted by atomic mass is 10.0. The molecule has 2 aliphatic heterocycles. The molecule has 2 rings (SSSR count). The maximum Gasteiger partial charge on any atom is 0.0249 e. The van der Waals surface area contributed by atoms with Crippen LogP contribution >= 0.6 is 0 Å². The standard InChI is InChI=1S/C13H22N2/c1-2-3-4-10-15-11-6-8-13(15)12-7-5-9-14-12/h1,12-14H,3-11H2. The van der Waals surface area contributed by atoms with Crippen LogP contribution in [0, 0.1) is 12.3 Å². The average molecular weight is 206 g/mol. The molecule has 2 heteroatoms. The highest BCUT2D eigenvalue weighted by Crippen LogP contribution is 2.24. The molecule has 1 N–H and O–H groups in total. The van der Waals surface area contributed by atoms with E-state index in [1.165, 1.54) is 51.7 Å². The van der Waals surface area contributed by atoms with E-state index in [-0.39, 0.29) is 0 Å². The zero-order chi connectivity index (χ0) is 10.5. The summed E-state index contributed by atoms with van der Waals surface area (Å²) in [6.45, 7) is 3.71. The second-order valence-electron chi connectivity index (χ2n) is 4.76. The van der Waals surface area contributed by atoms with Crippen molar-refractivity contribution in [2.45, 2.75) is 50.6 Å². The molecule has 84 valence electrons. The molecule has 2 unspecified atom stereocenters. The molecule has 0 amide bonds. The molecule has 0 radical (unpaired) electrons. The molecular weight excluding hydrogens is 184 g/mol. The van der Waals surface area contributed by atoms with E-state index in [1.54, 1.807) is 0 Å². The van der Waals surface area contributed by atoms with Crippen molar-refractivity contribution < 1.29 is 0 Å². The van der Waals surface area contributed by atoms with Crippen LogP contribution in [0.4, 0.5) is 0 Å². The van der Waals surface area contributed by atoms with Crippen molar-refractivity contribution in [1.29, 1.82) is 0 Å². The van der Waals surface area contributed by atoms with Gasteiger partial charge >= 0.3 is 0 Å². The molecule has 2 aliphatic rings. The summed E-state index contributed by atoms with van der Waals surface area (Å²) in [7, 11) is 0. The summed E-state index contributed by atoms with van der Waals surface area (Å²) in [5, 5.41) is 3.64. The number of hydrogen-bond acceptors (Lipinski definition) is 2. The topological polar surface area (TPSA) is 15.3 Å². The van der Waals surface area contributed by atoms with Crippen LogP contribution in [0.2, 0.25) is 0 Å². The van der Waals surface area contributed by atoms with Gasteiger partial charge in [0.2, 0.25) is 0 Å². The van der Waals surface area contributed by atoms with E-state index in [2.05, 4.69) is 16.1 Å². The zero-order valence-electron chi connectivity index (χ0n) is 9.54. The van der Waals surface area contributed by atoms with Gasteiger partial charge in [-0.2, -0.15) is 0 Å². The van der Waals surface area contributed by atoms with E-state index in [0.29, 0.717) is 0 Å². The Hall–Kier alpha value is -0.520. The van der Waals surface area contributed by atoms with Crippen molar-refractivity contribution in [1.82, 2.24) is 10.2 Å².